The molecular weight excluding hydrogens is 196 g/mol. The molecule has 0 aromatic carbocycles. The van der Waals surface area contributed by atoms with E-state index in [0.717, 1.165) is 0 Å². The largest absolute Gasteiger partial charge is 0.228 e. The lowest BCUT2D eigenvalue weighted by atomic mass is 10.2. The van der Waals surface area contributed by atoms with E-state index in [0.29, 0.717) is 12.8 Å². The van der Waals surface area contributed by atoms with Gasteiger partial charge in [-0.3, -0.25) is 0 Å². The molecule has 0 aromatic heterocycles. The first-order valence-corrected chi connectivity index (χ1v) is 6.51. The maximum atomic E-state index is 12.0. The maximum absolute atomic E-state index is 12.0. The molecule has 0 aliphatic carbocycles. The van der Waals surface area contributed by atoms with Crippen molar-refractivity contribution in [2.45, 2.75) is 50.5 Å². The average molecular weight is 217 g/mol. The van der Waals surface area contributed by atoms with E-state index in [1.54, 1.807) is 26.8 Å². The van der Waals surface area contributed by atoms with Crippen molar-refractivity contribution in [1.82, 2.24) is 0 Å². The fourth-order valence-electron chi connectivity index (χ4n) is 1.16. The van der Waals surface area contributed by atoms with Crippen molar-refractivity contribution < 1.29 is 8.42 Å². The fraction of sp³-hybridized carbons (Fsp3) is 0.727. The SMILES string of the molecule is [CH2]C/C=C/[C@@H](CC)S(=O)(=O)C(C)(C)C. The summed E-state index contributed by atoms with van der Waals surface area (Å²) >= 11 is 0. The van der Waals surface area contributed by atoms with E-state index in [-0.39, 0.29) is 5.25 Å². The van der Waals surface area contributed by atoms with Gasteiger partial charge in [-0.05, 0) is 40.5 Å². The van der Waals surface area contributed by atoms with Crippen LogP contribution in [-0.2, 0) is 9.84 Å². The van der Waals surface area contributed by atoms with Gasteiger partial charge in [-0.25, -0.2) is 8.42 Å². The first-order chi connectivity index (χ1) is 6.27. The second kappa shape index (κ2) is 4.96. The summed E-state index contributed by atoms with van der Waals surface area (Å²) in [7, 11) is -3.08. The Morgan fingerprint density at radius 2 is 1.86 bits per heavy atom. The van der Waals surface area contributed by atoms with Crippen LogP contribution in [0.1, 0.15) is 40.5 Å². The van der Waals surface area contributed by atoms with Crippen LogP contribution in [0, 0.1) is 6.92 Å². The molecule has 2 nitrogen and oxygen atoms in total. The lowest BCUT2D eigenvalue weighted by molar-refractivity contribution is 0.550. The third-order valence-electron chi connectivity index (χ3n) is 2.17. The Bertz CT molecular complexity index is 281. The number of hydrogen-bond acceptors (Lipinski definition) is 2. The van der Waals surface area contributed by atoms with Crippen molar-refractivity contribution in [3.05, 3.63) is 19.1 Å². The smallest absolute Gasteiger partial charge is 0.161 e. The van der Waals surface area contributed by atoms with Crippen LogP contribution in [0.2, 0.25) is 0 Å². The van der Waals surface area contributed by atoms with E-state index in [9.17, 15) is 8.42 Å². The quantitative estimate of drug-likeness (QED) is 0.679. The van der Waals surface area contributed by atoms with E-state index < -0.39 is 14.6 Å². The van der Waals surface area contributed by atoms with E-state index >= 15 is 0 Å². The minimum atomic E-state index is -3.08. The van der Waals surface area contributed by atoms with E-state index in [2.05, 4.69) is 6.92 Å². The minimum Gasteiger partial charge on any atom is -0.228 e. The summed E-state index contributed by atoms with van der Waals surface area (Å²) in [4.78, 5) is 0. The third kappa shape index (κ3) is 3.12. The van der Waals surface area contributed by atoms with Gasteiger partial charge >= 0.3 is 0 Å². The highest BCUT2D eigenvalue weighted by atomic mass is 32.2. The van der Waals surface area contributed by atoms with Crippen LogP contribution in [0.3, 0.4) is 0 Å². The molecule has 1 radical (unpaired) electrons. The molecule has 0 saturated carbocycles. The summed E-state index contributed by atoms with van der Waals surface area (Å²) in [5.74, 6) is 0. The van der Waals surface area contributed by atoms with Crippen molar-refractivity contribution in [3.8, 4) is 0 Å². The molecular formula is C11H21O2S. The monoisotopic (exact) mass is 217 g/mol. The highest BCUT2D eigenvalue weighted by molar-refractivity contribution is 7.93. The molecule has 83 valence electrons. The third-order valence-corrected chi connectivity index (χ3v) is 5.17. The lowest BCUT2D eigenvalue weighted by Gasteiger charge is -2.24. The summed E-state index contributed by atoms with van der Waals surface area (Å²) in [5.41, 5.74) is 0. The Hall–Kier alpha value is -0.310. The lowest BCUT2D eigenvalue weighted by Crippen LogP contribution is -2.36. The first-order valence-electron chi connectivity index (χ1n) is 4.96. The van der Waals surface area contributed by atoms with Crippen molar-refractivity contribution in [2.24, 2.45) is 0 Å². The maximum Gasteiger partial charge on any atom is 0.161 e. The molecule has 0 aliphatic heterocycles. The summed E-state index contributed by atoms with van der Waals surface area (Å²) < 4.78 is 23.4. The molecule has 0 rings (SSSR count). The van der Waals surface area contributed by atoms with Gasteiger partial charge in [0.15, 0.2) is 9.84 Å². The van der Waals surface area contributed by atoms with Gasteiger partial charge in [0.25, 0.3) is 0 Å². The van der Waals surface area contributed by atoms with Gasteiger partial charge < -0.3 is 0 Å². The Morgan fingerprint density at radius 1 is 1.36 bits per heavy atom. The zero-order chi connectivity index (χ0) is 11.4. The summed E-state index contributed by atoms with van der Waals surface area (Å²) in [6.07, 6.45) is 4.83. The molecule has 0 saturated heterocycles. The zero-order valence-corrected chi connectivity index (χ0v) is 10.4. The van der Waals surface area contributed by atoms with Crippen molar-refractivity contribution in [3.63, 3.8) is 0 Å². The topological polar surface area (TPSA) is 34.1 Å². The molecule has 0 aromatic rings. The highest BCUT2D eigenvalue weighted by Crippen LogP contribution is 2.23. The van der Waals surface area contributed by atoms with E-state index in [1.165, 1.54) is 0 Å². The molecule has 0 bridgehead atoms. The number of hydrogen-bond donors (Lipinski definition) is 0. The van der Waals surface area contributed by atoms with Gasteiger partial charge in [0.05, 0.1) is 10.00 Å². The fourth-order valence-corrected chi connectivity index (χ4v) is 2.83. The summed E-state index contributed by atoms with van der Waals surface area (Å²) in [5, 5.41) is -0.371. The molecule has 0 spiro atoms. The van der Waals surface area contributed by atoms with E-state index in [1.807, 2.05) is 13.0 Å². The van der Waals surface area contributed by atoms with Crippen LogP contribution in [0.4, 0.5) is 0 Å². The van der Waals surface area contributed by atoms with Crippen molar-refractivity contribution >= 4 is 9.84 Å². The van der Waals surface area contributed by atoms with Crippen LogP contribution in [-0.4, -0.2) is 18.4 Å². The van der Waals surface area contributed by atoms with Gasteiger partial charge in [-0.1, -0.05) is 19.1 Å². The van der Waals surface area contributed by atoms with Crippen LogP contribution in [0.5, 0.6) is 0 Å². The molecule has 14 heavy (non-hydrogen) atoms. The molecule has 0 unspecified atom stereocenters. The Kier molecular flexibility index (Phi) is 4.85. The van der Waals surface area contributed by atoms with Crippen LogP contribution >= 0.6 is 0 Å². The van der Waals surface area contributed by atoms with Gasteiger partial charge in [-0.15, -0.1) is 0 Å². The Morgan fingerprint density at radius 3 is 2.14 bits per heavy atom. The predicted molar refractivity (Wildman–Crippen MR) is 61.9 cm³/mol. The Balaban J connectivity index is 4.96. The molecule has 1 atom stereocenters. The van der Waals surface area contributed by atoms with Crippen LogP contribution in [0.15, 0.2) is 12.2 Å². The number of allylic oxidation sites excluding steroid dienone is 1. The summed E-state index contributed by atoms with van der Waals surface area (Å²) in [6, 6.07) is 0. The van der Waals surface area contributed by atoms with Gasteiger partial charge in [0.1, 0.15) is 0 Å². The standard InChI is InChI=1S/C11H21O2S/c1-6-8-9-10(7-2)14(12,13)11(3,4)5/h8-10H,1,6-7H2,2-5H3/b9-8+/t10-/m1/s1. The van der Waals surface area contributed by atoms with Gasteiger partial charge in [0.2, 0.25) is 0 Å². The molecule has 0 fully saturated rings. The van der Waals surface area contributed by atoms with Crippen LogP contribution < -0.4 is 0 Å². The van der Waals surface area contributed by atoms with Crippen molar-refractivity contribution in [2.75, 3.05) is 0 Å². The molecule has 3 heteroatoms. The highest BCUT2D eigenvalue weighted by Gasteiger charge is 2.34. The summed E-state index contributed by atoms with van der Waals surface area (Å²) in [6.45, 7) is 10.8. The predicted octanol–water partition coefficient (Wildman–Crippen LogP) is 2.76. The second-order valence-electron chi connectivity index (χ2n) is 4.32. The normalized spacial score (nSPS) is 16.1. The Labute approximate surface area is 88.3 Å². The minimum absolute atomic E-state index is 0.371. The van der Waals surface area contributed by atoms with Gasteiger partial charge in [0, 0.05) is 0 Å². The molecule has 0 N–H and O–H groups in total. The van der Waals surface area contributed by atoms with Gasteiger partial charge in [-0.2, -0.15) is 0 Å². The van der Waals surface area contributed by atoms with Crippen molar-refractivity contribution in [1.29, 1.82) is 0 Å². The first kappa shape index (κ1) is 13.7. The molecule has 0 amide bonds. The van der Waals surface area contributed by atoms with E-state index in [4.69, 9.17) is 0 Å². The number of rotatable bonds is 4. The number of sulfone groups is 1. The zero-order valence-electron chi connectivity index (χ0n) is 9.58. The molecule has 0 heterocycles. The van der Waals surface area contributed by atoms with Crippen LogP contribution in [0.25, 0.3) is 0 Å². The average Bonchev–Trinajstić information content (AvgIpc) is 2.03. The molecule has 0 aliphatic rings. The second-order valence-corrected chi connectivity index (χ2v) is 7.24.